The smallest absolute Gasteiger partial charge is 0.272 e. The van der Waals surface area contributed by atoms with Crippen molar-refractivity contribution < 1.29 is 4.79 Å². The summed E-state index contributed by atoms with van der Waals surface area (Å²) in [7, 11) is 0. The van der Waals surface area contributed by atoms with Crippen molar-refractivity contribution in [2.75, 3.05) is 5.43 Å². The Bertz CT molecular complexity index is 1620. The van der Waals surface area contributed by atoms with Gasteiger partial charge in [0.05, 0.1) is 5.69 Å². The Balaban J connectivity index is 1.72. The molecule has 0 bridgehead atoms. The molecule has 0 unspecified atom stereocenters. The minimum atomic E-state index is -0.407. The molecule has 5 rings (SSSR count). The molecule has 2 heterocycles. The van der Waals surface area contributed by atoms with Crippen molar-refractivity contribution in [1.82, 2.24) is 14.9 Å². The van der Waals surface area contributed by atoms with Crippen molar-refractivity contribution >= 4 is 28.4 Å². The number of pyridine rings is 1. The molecule has 1 amide bonds. The molecular formula is C27H21ClN4O2. The van der Waals surface area contributed by atoms with Crippen LogP contribution in [0.1, 0.15) is 21.5 Å². The number of nitrogens with zero attached hydrogens (tertiary/aromatic N) is 2. The van der Waals surface area contributed by atoms with E-state index in [0.717, 1.165) is 22.3 Å². The van der Waals surface area contributed by atoms with Crippen LogP contribution in [0.2, 0.25) is 5.02 Å². The highest BCUT2D eigenvalue weighted by molar-refractivity contribution is 6.30. The first-order valence-electron chi connectivity index (χ1n) is 10.8. The highest BCUT2D eigenvalue weighted by Gasteiger charge is 2.19. The van der Waals surface area contributed by atoms with Gasteiger partial charge < -0.3 is 0 Å². The van der Waals surface area contributed by atoms with Gasteiger partial charge in [-0.3, -0.25) is 20.1 Å². The number of carbonyl (C=O) groups is 1. The molecular weight excluding hydrogens is 448 g/mol. The van der Waals surface area contributed by atoms with E-state index in [-0.39, 0.29) is 11.4 Å². The first-order valence-corrected chi connectivity index (χ1v) is 11.1. The van der Waals surface area contributed by atoms with Gasteiger partial charge in [0.25, 0.3) is 11.5 Å². The molecule has 0 aliphatic heterocycles. The molecule has 168 valence electrons. The van der Waals surface area contributed by atoms with Gasteiger partial charge in [0, 0.05) is 27.1 Å². The molecule has 0 radical (unpaired) electrons. The number of aromatic amines is 1. The lowest BCUT2D eigenvalue weighted by Crippen LogP contribution is -2.34. The van der Waals surface area contributed by atoms with E-state index in [1.165, 1.54) is 4.68 Å². The normalized spacial score (nSPS) is 11.0. The Kier molecular flexibility index (Phi) is 5.51. The number of hydrogen-bond donors (Lipinski definition) is 2. The molecule has 5 aromatic rings. The summed E-state index contributed by atoms with van der Waals surface area (Å²) in [6, 6.07) is 24.1. The predicted octanol–water partition coefficient (Wildman–Crippen LogP) is 5.71. The minimum absolute atomic E-state index is 0.288. The van der Waals surface area contributed by atoms with Gasteiger partial charge in [0.2, 0.25) is 0 Å². The van der Waals surface area contributed by atoms with E-state index in [9.17, 15) is 9.59 Å². The van der Waals surface area contributed by atoms with E-state index in [4.69, 9.17) is 11.6 Å². The first-order chi connectivity index (χ1) is 16.4. The van der Waals surface area contributed by atoms with Gasteiger partial charge in [-0.25, -0.2) is 4.68 Å². The number of carbonyl (C=O) groups excluding carboxylic acids is 1. The number of aryl methyl sites for hydroxylation is 2. The van der Waals surface area contributed by atoms with Crippen LogP contribution in [0.25, 0.3) is 33.4 Å². The van der Waals surface area contributed by atoms with Crippen molar-refractivity contribution in [1.29, 1.82) is 0 Å². The van der Waals surface area contributed by atoms with Crippen molar-refractivity contribution in [3.05, 3.63) is 111 Å². The van der Waals surface area contributed by atoms with E-state index >= 15 is 0 Å². The number of benzene rings is 3. The third-order valence-corrected chi connectivity index (χ3v) is 5.88. The van der Waals surface area contributed by atoms with E-state index in [1.807, 2.05) is 68.4 Å². The zero-order valence-electron chi connectivity index (χ0n) is 18.6. The summed E-state index contributed by atoms with van der Waals surface area (Å²) in [5, 5.41) is 8.47. The Morgan fingerprint density at radius 3 is 2.35 bits per heavy atom. The topological polar surface area (TPSA) is 79.8 Å². The highest BCUT2D eigenvalue weighted by Crippen LogP contribution is 2.30. The van der Waals surface area contributed by atoms with Crippen LogP contribution in [0.4, 0.5) is 0 Å². The Labute approximate surface area is 200 Å². The molecule has 7 heteroatoms. The number of amides is 1. The van der Waals surface area contributed by atoms with Gasteiger partial charge in [-0.15, -0.1) is 0 Å². The van der Waals surface area contributed by atoms with Crippen molar-refractivity contribution in [3.8, 4) is 22.5 Å². The molecule has 0 spiro atoms. The maximum Gasteiger partial charge on any atom is 0.295 e. The van der Waals surface area contributed by atoms with E-state index in [0.29, 0.717) is 27.4 Å². The minimum Gasteiger partial charge on any atom is -0.272 e. The van der Waals surface area contributed by atoms with E-state index < -0.39 is 5.56 Å². The molecule has 2 N–H and O–H groups in total. The highest BCUT2D eigenvalue weighted by atomic mass is 35.5. The molecule has 0 saturated heterocycles. The maximum atomic E-state index is 13.6. The fourth-order valence-electron chi connectivity index (χ4n) is 4.01. The number of halogens is 1. The second-order valence-corrected chi connectivity index (χ2v) is 8.66. The summed E-state index contributed by atoms with van der Waals surface area (Å²) in [5.74, 6) is -0.381. The van der Waals surface area contributed by atoms with E-state index in [1.54, 1.807) is 24.3 Å². The molecule has 0 aliphatic rings. The number of H-pyrrole nitrogens is 1. The van der Waals surface area contributed by atoms with Crippen LogP contribution in [-0.2, 0) is 0 Å². The maximum absolute atomic E-state index is 13.6. The lowest BCUT2D eigenvalue weighted by Gasteiger charge is -2.15. The second-order valence-electron chi connectivity index (χ2n) is 8.22. The van der Waals surface area contributed by atoms with Crippen LogP contribution >= 0.6 is 11.6 Å². The lowest BCUT2D eigenvalue weighted by atomic mass is 10.0. The molecule has 34 heavy (non-hydrogen) atoms. The number of hydrogen-bond acceptors (Lipinski definition) is 3. The average Bonchev–Trinajstić information content (AvgIpc) is 3.25. The summed E-state index contributed by atoms with van der Waals surface area (Å²) in [6.45, 7) is 3.89. The fourth-order valence-corrected chi connectivity index (χ4v) is 4.20. The molecule has 2 aromatic heterocycles. The van der Waals surface area contributed by atoms with Crippen LogP contribution in [0, 0.1) is 13.8 Å². The van der Waals surface area contributed by atoms with Crippen LogP contribution in [0.5, 0.6) is 0 Å². The fraction of sp³-hybridized carbons (Fsp3) is 0.0741. The van der Waals surface area contributed by atoms with Gasteiger partial charge in [-0.05, 0) is 50.2 Å². The Morgan fingerprint density at radius 2 is 1.62 bits per heavy atom. The molecule has 0 atom stereocenters. The van der Waals surface area contributed by atoms with Gasteiger partial charge in [0.15, 0.2) is 0 Å². The number of rotatable bonds is 4. The Morgan fingerprint density at radius 1 is 0.912 bits per heavy atom. The molecule has 0 saturated carbocycles. The summed E-state index contributed by atoms with van der Waals surface area (Å²) in [4.78, 5) is 26.7. The lowest BCUT2D eigenvalue weighted by molar-refractivity contribution is 0.101. The quantitative estimate of drug-likeness (QED) is 0.354. The number of fused-ring (bicyclic) bond motifs is 1. The monoisotopic (exact) mass is 468 g/mol. The van der Waals surface area contributed by atoms with Gasteiger partial charge in [0.1, 0.15) is 11.2 Å². The average molecular weight is 469 g/mol. The van der Waals surface area contributed by atoms with Crippen LogP contribution in [-0.4, -0.2) is 20.8 Å². The molecule has 6 nitrogen and oxygen atoms in total. The summed E-state index contributed by atoms with van der Waals surface area (Å²) in [5.41, 5.74) is 7.86. The van der Waals surface area contributed by atoms with Crippen molar-refractivity contribution in [2.24, 2.45) is 0 Å². The van der Waals surface area contributed by atoms with Crippen LogP contribution < -0.4 is 11.0 Å². The largest absolute Gasteiger partial charge is 0.295 e. The number of aromatic nitrogens is 3. The molecule has 3 aromatic carbocycles. The summed E-state index contributed by atoms with van der Waals surface area (Å²) >= 11 is 6.19. The van der Waals surface area contributed by atoms with Crippen LogP contribution in [0.3, 0.4) is 0 Å². The third kappa shape index (κ3) is 4.00. The summed E-state index contributed by atoms with van der Waals surface area (Å²) < 4.78 is 1.28. The first kappa shape index (κ1) is 21.7. The van der Waals surface area contributed by atoms with Gasteiger partial charge in [-0.2, -0.15) is 5.10 Å². The number of nitrogens with one attached hydrogen (secondary N) is 2. The SMILES string of the molecule is Cc1cccc(C(=O)Nn2c(-c3cccc(C)c3)cc3c(-c4cccc(Cl)c4)n[nH]c3c2=O)c1. The standard InChI is InChI=1S/C27H21ClN4O2/c1-16-6-3-8-18(12-16)23-15-22-24(19-9-5-11-21(28)14-19)29-30-25(22)27(34)32(23)31-26(33)20-10-4-7-17(2)13-20/h3-15H,1-2H3,(H,29,30)(H,31,33). The van der Waals surface area contributed by atoms with Crippen molar-refractivity contribution in [2.45, 2.75) is 13.8 Å². The van der Waals surface area contributed by atoms with Gasteiger partial charge in [-0.1, -0.05) is 65.2 Å². The van der Waals surface area contributed by atoms with Crippen LogP contribution in [0.15, 0.2) is 83.7 Å². The molecule has 0 fully saturated rings. The molecule has 0 aliphatic carbocycles. The zero-order valence-corrected chi connectivity index (χ0v) is 19.4. The second kappa shape index (κ2) is 8.65. The zero-order chi connectivity index (χ0) is 23.8. The predicted molar refractivity (Wildman–Crippen MR) is 136 cm³/mol. The van der Waals surface area contributed by atoms with E-state index in [2.05, 4.69) is 15.6 Å². The third-order valence-electron chi connectivity index (χ3n) is 5.65. The Hall–Kier alpha value is -4.16. The summed E-state index contributed by atoms with van der Waals surface area (Å²) in [6.07, 6.45) is 0. The van der Waals surface area contributed by atoms with Gasteiger partial charge >= 0.3 is 0 Å². The van der Waals surface area contributed by atoms with Crippen molar-refractivity contribution in [3.63, 3.8) is 0 Å².